The zero-order valence-corrected chi connectivity index (χ0v) is 23.6. The van der Waals surface area contributed by atoms with Gasteiger partial charge >= 0.3 is 12.1 Å². The Kier molecular flexibility index (Phi) is 8.02. The van der Waals surface area contributed by atoms with Gasteiger partial charge in [0.15, 0.2) is 5.78 Å². The summed E-state index contributed by atoms with van der Waals surface area (Å²) in [6.45, 7) is -0.992. The highest BCUT2D eigenvalue weighted by Gasteiger charge is 2.49. The minimum absolute atomic E-state index is 0.0114. The molecule has 0 bridgehead atoms. The first-order chi connectivity index (χ1) is 19.8. The molecular weight excluding hydrogens is 658 g/mol. The molecule has 4 heterocycles. The van der Waals surface area contributed by atoms with Crippen LogP contribution in [0.25, 0.3) is 20.9 Å². The van der Waals surface area contributed by atoms with Crippen LogP contribution in [0, 0.1) is 6.01 Å². The van der Waals surface area contributed by atoms with Gasteiger partial charge in [0.05, 0.1) is 26.0 Å². The van der Waals surface area contributed by atoms with Gasteiger partial charge in [0.2, 0.25) is 12.0 Å². The number of Topliss-reactive ketones (excluding diaryl/α,β-unsaturated/α-hetero) is 1. The fourth-order valence-corrected chi connectivity index (χ4v) is 5.95. The van der Waals surface area contributed by atoms with Crippen LogP contribution in [0.15, 0.2) is 63.9 Å². The number of hydrogen-bond acceptors (Lipinski definition) is 8. The van der Waals surface area contributed by atoms with Crippen LogP contribution < -0.4 is 9.47 Å². The van der Waals surface area contributed by atoms with Crippen molar-refractivity contribution in [2.45, 2.75) is 38.3 Å². The maximum Gasteiger partial charge on any atom is 0.408 e. The SMILES string of the molecule is CC(=O)[C@@H](Oc1ncnc2sc(-c3ccc(F)o3)c(Br)c12)C(F)(F)c1ccccc1OCc1ccnn1CC(F)(F)F. The molecule has 42 heavy (non-hydrogen) atoms. The normalized spacial score (nSPS) is 13.0. The number of hydrogen-bond donors (Lipinski definition) is 0. The highest BCUT2D eigenvalue weighted by molar-refractivity contribution is 9.10. The number of thiophene rings is 1. The molecule has 0 saturated heterocycles. The summed E-state index contributed by atoms with van der Waals surface area (Å²) in [6.07, 6.45) is -4.77. The van der Waals surface area contributed by atoms with Crippen LogP contribution in [0.3, 0.4) is 0 Å². The van der Waals surface area contributed by atoms with Gasteiger partial charge in [-0.05, 0) is 47.1 Å². The summed E-state index contributed by atoms with van der Waals surface area (Å²) in [5.74, 6) is -5.64. The van der Waals surface area contributed by atoms with Gasteiger partial charge in [-0.3, -0.25) is 9.48 Å². The van der Waals surface area contributed by atoms with Crippen LogP contribution in [0.2, 0.25) is 0 Å². The second-order valence-electron chi connectivity index (χ2n) is 8.82. The van der Waals surface area contributed by atoms with Crippen molar-refractivity contribution in [2.24, 2.45) is 0 Å². The number of para-hydroxylation sites is 1. The third-order valence-corrected chi connectivity index (χ3v) is 8.04. The molecule has 16 heteroatoms. The van der Waals surface area contributed by atoms with Crippen LogP contribution in [-0.4, -0.2) is 37.8 Å². The van der Waals surface area contributed by atoms with E-state index in [1.807, 2.05) is 0 Å². The molecule has 5 rings (SSSR count). The first-order valence-electron chi connectivity index (χ1n) is 11.9. The first-order valence-corrected chi connectivity index (χ1v) is 13.5. The Morgan fingerprint density at radius 2 is 1.88 bits per heavy atom. The van der Waals surface area contributed by atoms with Crippen LogP contribution in [0.4, 0.5) is 26.3 Å². The van der Waals surface area contributed by atoms with Gasteiger partial charge in [-0.2, -0.15) is 31.4 Å². The molecule has 0 unspecified atom stereocenters. The first kappa shape index (κ1) is 29.6. The van der Waals surface area contributed by atoms with Gasteiger partial charge in [-0.1, -0.05) is 12.1 Å². The lowest BCUT2D eigenvalue weighted by molar-refractivity contribution is -0.148. The van der Waals surface area contributed by atoms with Crippen molar-refractivity contribution >= 4 is 43.3 Å². The summed E-state index contributed by atoms with van der Waals surface area (Å²) in [6, 6.07) is 7.79. The molecular formula is C26H17BrF6N4O4S. The molecule has 0 aliphatic heterocycles. The monoisotopic (exact) mass is 674 g/mol. The zero-order valence-electron chi connectivity index (χ0n) is 21.2. The molecule has 0 saturated carbocycles. The second-order valence-corrected chi connectivity index (χ2v) is 10.6. The van der Waals surface area contributed by atoms with Crippen molar-refractivity contribution < 1.29 is 45.0 Å². The van der Waals surface area contributed by atoms with Crippen molar-refractivity contribution in [3.63, 3.8) is 0 Å². The fourth-order valence-electron chi connectivity index (χ4n) is 4.04. The average molecular weight is 675 g/mol. The number of benzene rings is 1. The van der Waals surface area contributed by atoms with E-state index >= 15 is 8.78 Å². The maximum absolute atomic E-state index is 16.1. The summed E-state index contributed by atoms with van der Waals surface area (Å²) in [7, 11) is 0. The minimum atomic E-state index is -4.56. The van der Waals surface area contributed by atoms with Gasteiger partial charge in [0.1, 0.15) is 35.8 Å². The topological polar surface area (TPSA) is 92.3 Å². The molecule has 0 aliphatic carbocycles. The van der Waals surface area contributed by atoms with E-state index < -0.39 is 48.7 Å². The Balaban J connectivity index is 1.46. The Bertz CT molecular complexity index is 1750. The Labute approximate surface area is 245 Å². The van der Waals surface area contributed by atoms with Crippen molar-refractivity contribution in [3.8, 4) is 22.3 Å². The molecule has 0 radical (unpaired) electrons. The molecule has 1 aromatic carbocycles. The fraction of sp³-hybridized carbons (Fsp3) is 0.231. The van der Waals surface area contributed by atoms with Crippen molar-refractivity contribution in [1.82, 2.24) is 19.7 Å². The predicted octanol–water partition coefficient (Wildman–Crippen LogP) is 7.32. The highest BCUT2D eigenvalue weighted by Crippen LogP contribution is 2.46. The summed E-state index contributed by atoms with van der Waals surface area (Å²) >= 11 is 4.39. The third-order valence-electron chi connectivity index (χ3n) is 5.88. The lowest BCUT2D eigenvalue weighted by atomic mass is 9.99. The van der Waals surface area contributed by atoms with Crippen molar-refractivity contribution in [1.29, 1.82) is 0 Å². The summed E-state index contributed by atoms with van der Waals surface area (Å²) in [5.41, 5.74) is -0.753. The highest BCUT2D eigenvalue weighted by atomic mass is 79.9. The number of carbonyl (C=O) groups is 1. The molecule has 1 atom stereocenters. The molecule has 8 nitrogen and oxygen atoms in total. The Hall–Kier alpha value is -3.92. The second kappa shape index (κ2) is 11.4. The number of ketones is 1. The predicted molar refractivity (Wildman–Crippen MR) is 141 cm³/mol. The smallest absolute Gasteiger partial charge is 0.408 e. The average Bonchev–Trinajstić information content (AvgIpc) is 3.64. The molecule has 0 spiro atoms. The third kappa shape index (κ3) is 5.99. The van der Waals surface area contributed by atoms with E-state index in [0.29, 0.717) is 9.56 Å². The van der Waals surface area contributed by atoms with E-state index in [0.717, 1.165) is 42.9 Å². The Morgan fingerprint density at radius 3 is 2.57 bits per heavy atom. The van der Waals surface area contributed by atoms with Gasteiger partial charge in [0.25, 0.3) is 6.01 Å². The van der Waals surface area contributed by atoms with Crippen LogP contribution in [0.1, 0.15) is 18.2 Å². The molecule has 0 amide bonds. The van der Waals surface area contributed by atoms with E-state index in [9.17, 15) is 22.4 Å². The number of fused-ring (bicyclic) bond motifs is 1. The van der Waals surface area contributed by atoms with E-state index in [2.05, 4.69) is 31.0 Å². The van der Waals surface area contributed by atoms with Crippen LogP contribution >= 0.6 is 27.3 Å². The summed E-state index contributed by atoms with van der Waals surface area (Å²) < 4.78 is 101. The molecule has 220 valence electrons. The largest absolute Gasteiger partial charge is 0.487 e. The van der Waals surface area contributed by atoms with E-state index in [1.54, 1.807) is 0 Å². The quantitative estimate of drug-likeness (QED) is 0.143. The standard InChI is InChI=1S/C26H17BrF6N4O4S/c1-13(38)22(41-23-19-20(27)21(17-6-7-18(28)40-17)42-24(19)35-12-34-23)26(32,33)15-4-2-3-5-16(15)39-10-14-8-9-36-37(14)11-25(29,30)31/h2-9,12,22H,10-11H2,1H3/t22-/m1/s1. The van der Waals surface area contributed by atoms with E-state index in [1.165, 1.54) is 30.3 Å². The number of rotatable bonds is 10. The van der Waals surface area contributed by atoms with E-state index in [-0.39, 0.29) is 37.8 Å². The summed E-state index contributed by atoms with van der Waals surface area (Å²) in [4.78, 5) is 21.3. The number of halogens is 7. The lowest BCUT2D eigenvalue weighted by Crippen LogP contribution is -2.42. The Morgan fingerprint density at radius 1 is 1.12 bits per heavy atom. The van der Waals surface area contributed by atoms with Crippen molar-refractivity contribution in [2.75, 3.05) is 0 Å². The van der Waals surface area contributed by atoms with Gasteiger partial charge in [-0.25, -0.2) is 9.97 Å². The van der Waals surface area contributed by atoms with Crippen molar-refractivity contribution in [3.05, 3.63) is 76.7 Å². The maximum atomic E-state index is 16.1. The molecule has 4 aromatic heterocycles. The number of aromatic nitrogens is 4. The van der Waals surface area contributed by atoms with Gasteiger partial charge in [-0.15, -0.1) is 11.3 Å². The lowest BCUT2D eigenvalue weighted by Gasteiger charge is -2.27. The molecule has 0 aliphatic rings. The molecule has 0 N–H and O–H groups in total. The van der Waals surface area contributed by atoms with E-state index in [4.69, 9.17) is 13.9 Å². The molecule has 5 aromatic rings. The van der Waals surface area contributed by atoms with Gasteiger partial charge in [0, 0.05) is 12.3 Å². The minimum Gasteiger partial charge on any atom is -0.487 e. The van der Waals surface area contributed by atoms with Crippen LogP contribution in [0.5, 0.6) is 11.6 Å². The number of nitrogens with zero attached hydrogens (tertiary/aromatic N) is 4. The zero-order chi connectivity index (χ0) is 30.2. The number of carbonyl (C=O) groups excluding carboxylic acids is 1. The number of ether oxygens (including phenoxy) is 2. The number of alkyl halides is 5. The van der Waals surface area contributed by atoms with Gasteiger partial charge < -0.3 is 13.9 Å². The summed E-state index contributed by atoms with van der Waals surface area (Å²) in [5, 5.41) is 3.75. The molecule has 0 fully saturated rings. The van der Waals surface area contributed by atoms with Crippen LogP contribution in [-0.2, 0) is 23.9 Å². The number of furan rings is 1.